The first kappa shape index (κ1) is 12.4. The van der Waals surface area contributed by atoms with E-state index in [0.717, 1.165) is 17.4 Å². The summed E-state index contributed by atoms with van der Waals surface area (Å²) < 4.78 is 0. The molecule has 0 bridgehead atoms. The van der Waals surface area contributed by atoms with Crippen LogP contribution in [0.2, 0.25) is 5.02 Å². The minimum absolute atomic E-state index is 0.168. The van der Waals surface area contributed by atoms with Gasteiger partial charge >= 0.3 is 0 Å². The molecule has 0 aromatic heterocycles. The van der Waals surface area contributed by atoms with Gasteiger partial charge in [0.25, 0.3) is 0 Å². The third-order valence-corrected chi connectivity index (χ3v) is 2.89. The van der Waals surface area contributed by atoms with Crippen LogP contribution in [0.5, 0.6) is 5.75 Å². The van der Waals surface area contributed by atoms with Gasteiger partial charge in [-0.05, 0) is 35.4 Å². The molecule has 2 aromatic rings. The minimum Gasteiger partial charge on any atom is -0.508 e. The zero-order chi connectivity index (χ0) is 13.0. The molecular weight excluding hydrogens is 248 g/mol. The molecule has 0 amide bonds. The number of hydrogen-bond donors (Lipinski definition) is 1. The van der Waals surface area contributed by atoms with Crippen molar-refractivity contribution in [3.05, 3.63) is 64.7 Å². The molecule has 0 aliphatic carbocycles. The van der Waals surface area contributed by atoms with E-state index in [2.05, 4.69) is 0 Å². The second-order valence-electron chi connectivity index (χ2n) is 3.79. The van der Waals surface area contributed by atoms with E-state index in [9.17, 15) is 9.90 Å². The SMILES string of the molecule is O=C/C(=C/c1ccccc1Cl)c1ccc(O)cc1. The summed E-state index contributed by atoms with van der Waals surface area (Å²) in [7, 11) is 0. The molecule has 3 heteroatoms. The van der Waals surface area contributed by atoms with E-state index in [0.29, 0.717) is 10.6 Å². The van der Waals surface area contributed by atoms with Gasteiger partial charge in [-0.25, -0.2) is 0 Å². The van der Waals surface area contributed by atoms with Gasteiger partial charge in [-0.1, -0.05) is 41.9 Å². The number of rotatable bonds is 3. The normalized spacial score (nSPS) is 11.3. The summed E-state index contributed by atoms with van der Waals surface area (Å²) in [5, 5.41) is 9.81. The van der Waals surface area contributed by atoms with Crippen molar-refractivity contribution in [2.24, 2.45) is 0 Å². The van der Waals surface area contributed by atoms with E-state index in [4.69, 9.17) is 11.6 Å². The van der Waals surface area contributed by atoms with Crippen molar-refractivity contribution in [3.63, 3.8) is 0 Å². The zero-order valence-corrected chi connectivity index (χ0v) is 10.3. The molecule has 0 fully saturated rings. The van der Waals surface area contributed by atoms with Crippen LogP contribution in [0, 0.1) is 0 Å². The maximum Gasteiger partial charge on any atom is 0.150 e. The highest BCUT2D eigenvalue weighted by Gasteiger charge is 2.02. The van der Waals surface area contributed by atoms with E-state index in [1.165, 1.54) is 0 Å². The monoisotopic (exact) mass is 258 g/mol. The van der Waals surface area contributed by atoms with Crippen LogP contribution in [-0.4, -0.2) is 11.4 Å². The Morgan fingerprint density at radius 2 is 1.72 bits per heavy atom. The van der Waals surface area contributed by atoms with Gasteiger partial charge in [0.2, 0.25) is 0 Å². The Balaban J connectivity index is 2.43. The molecule has 90 valence electrons. The number of aldehydes is 1. The zero-order valence-electron chi connectivity index (χ0n) is 9.51. The number of allylic oxidation sites excluding steroid dienone is 1. The lowest BCUT2D eigenvalue weighted by atomic mass is 10.0. The van der Waals surface area contributed by atoms with Crippen LogP contribution in [0.25, 0.3) is 11.6 Å². The van der Waals surface area contributed by atoms with Crippen LogP contribution >= 0.6 is 11.6 Å². The third-order valence-electron chi connectivity index (χ3n) is 2.54. The first-order valence-electron chi connectivity index (χ1n) is 5.41. The number of aromatic hydroxyl groups is 1. The van der Waals surface area contributed by atoms with Crippen molar-refractivity contribution < 1.29 is 9.90 Å². The Morgan fingerprint density at radius 3 is 2.33 bits per heavy atom. The average Bonchev–Trinajstić information content (AvgIpc) is 2.39. The van der Waals surface area contributed by atoms with Crippen molar-refractivity contribution in [3.8, 4) is 5.75 Å². The predicted octanol–water partition coefficient (Wildman–Crippen LogP) is 3.79. The first-order valence-corrected chi connectivity index (χ1v) is 5.79. The second-order valence-corrected chi connectivity index (χ2v) is 4.19. The number of carbonyl (C=O) groups excluding carboxylic acids is 1. The summed E-state index contributed by atoms with van der Waals surface area (Å²) in [6.45, 7) is 0. The maximum atomic E-state index is 11.1. The quantitative estimate of drug-likeness (QED) is 0.517. The Kier molecular flexibility index (Phi) is 3.80. The highest BCUT2D eigenvalue weighted by molar-refractivity contribution is 6.32. The molecule has 0 spiro atoms. The summed E-state index contributed by atoms with van der Waals surface area (Å²) in [5.74, 6) is 0.168. The number of carbonyl (C=O) groups is 1. The van der Waals surface area contributed by atoms with Crippen LogP contribution in [0.4, 0.5) is 0 Å². The summed E-state index contributed by atoms with van der Waals surface area (Å²) >= 11 is 6.04. The molecular formula is C15H11ClO2. The van der Waals surface area contributed by atoms with Crippen LogP contribution in [0.1, 0.15) is 11.1 Å². The molecule has 18 heavy (non-hydrogen) atoms. The summed E-state index contributed by atoms with van der Waals surface area (Å²) in [4.78, 5) is 11.1. The van der Waals surface area contributed by atoms with E-state index in [-0.39, 0.29) is 5.75 Å². The van der Waals surface area contributed by atoms with E-state index < -0.39 is 0 Å². The second kappa shape index (κ2) is 5.52. The lowest BCUT2D eigenvalue weighted by molar-refractivity contribution is -0.103. The Hall–Kier alpha value is -2.06. The van der Waals surface area contributed by atoms with Crippen molar-refractivity contribution in [1.29, 1.82) is 0 Å². The summed E-state index contributed by atoms with van der Waals surface area (Å²) in [6, 6.07) is 13.8. The first-order chi connectivity index (χ1) is 8.70. The predicted molar refractivity (Wildman–Crippen MR) is 73.5 cm³/mol. The van der Waals surface area contributed by atoms with Crippen LogP contribution < -0.4 is 0 Å². The molecule has 0 radical (unpaired) electrons. The van der Waals surface area contributed by atoms with Crippen molar-refractivity contribution in [2.45, 2.75) is 0 Å². The molecule has 0 unspecified atom stereocenters. The van der Waals surface area contributed by atoms with E-state index in [1.54, 1.807) is 36.4 Å². The van der Waals surface area contributed by atoms with Gasteiger partial charge in [0, 0.05) is 10.6 Å². The molecule has 0 aliphatic rings. The molecule has 1 N–H and O–H groups in total. The lowest BCUT2D eigenvalue weighted by Gasteiger charge is -2.02. The van der Waals surface area contributed by atoms with Crippen molar-refractivity contribution >= 4 is 29.5 Å². The van der Waals surface area contributed by atoms with Gasteiger partial charge in [-0.3, -0.25) is 4.79 Å². The Morgan fingerprint density at radius 1 is 1.06 bits per heavy atom. The molecule has 0 aliphatic heterocycles. The average molecular weight is 259 g/mol. The number of halogens is 1. The van der Waals surface area contributed by atoms with Crippen molar-refractivity contribution in [2.75, 3.05) is 0 Å². The molecule has 0 saturated carbocycles. The summed E-state index contributed by atoms with van der Waals surface area (Å²) in [5.41, 5.74) is 2.04. The lowest BCUT2D eigenvalue weighted by Crippen LogP contribution is -1.86. The number of benzene rings is 2. The fourth-order valence-electron chi connectivity index (χ4n) is 1.60. The van der Waals surface area contributed by atoms with Crippen LogP contribution in [-0.2, 0) is 4.79 Å². The fraction of sp³-hybridized carbons (Fsp3) is 0. The third kappa shape index (κ3) is 2.79. The number of phenolic OH excluding ortho intramolecular Hbond substituents is 1. The van der Waals surface area contributed by atoms with Gasteiger partial charge in [-0.15, -0.1) is 0 Å². The molecule has 0 atom stereocenters. The van der Waals surface area contributed by atoms with Crippen LogP contribution in [0.15, 0.2) is 48.5 Å². The topological polar surface area (TPSA) is 37.3 Å². The molecule has 2 rings (SSSR count). The van der Waals surface area contributed by atoms with Gasteiger partial charge in [0.05, 0.1) is 0 Å². The smallest absolute Gasteiger partial charge is 0.150 e. The molecule has 0 heterocycles. The van der Waals surface area contributed by atoms with E-state index in [1.807, 2.05) is 18.2 Å². The highest BCUT2D eigenvalue weighted by Crippen LogP contribution is 2.23. The highest BCUT2D eigenvalue weighted by atomic mass is 35.5. The Bertz CT molecular complexity index is 586. The fourth-order valence-corrected chi connectivity index (χ4v) is 1.79. The van der Waals surface area contributed by atoms with E-state index >= 15 is 0 Å². The number of phenols is 1. The standard InChI is InChI=1S/C15H11ClO2/c16-15-4-2-1-3-12(15)9-13(10-17)11-5-7-14(18)8-6-11/h1-10,18H/b13-9-. The largest absolute Gasteiger partial charge is 0.508 e. The molecule has 0 saturated heterocycles. The molecule has 2 nitrogen and oxygen atoms in total. The van der Waals surface area contributed by atoms with Crippen molar-refractivity contribution in [1.82, 2.24) is 0 Å². The van der Waals surface area contributed by atoms with Gasteiger partial charge < -0.3 is 5.11 Å². The Labute approximate surface area is 110 Å². The minimum atomic E-state index is 0.168. The van der Waals surface area contributed by atoms with Gasteiger partial charge in [0.1, 0.15) is 5.75 Å². The van der Waals surface area contributed by atoms with Crippen LogP contribution in [0.3, 0.4) is 0 Å². The maximum absolute atomic E-state index is 11.1. The van der Waals surface area contributed by atoms with Gasteiger partial charge in [-0.2, -0.15) is 0 Å². The summed E-state index contributed by atoms with van der Waals surface area (Å²) in [6.07, 6.45) is 2.50. The van der Waals surface area contributed by atoms with Gasteiger partial charge in [0.15, 0.2) is 6.29 Å². The number of hydrogen-bond acceptors (Lipinski definition) is 2. The molecule has 2 aromatic carbocycles.